The van der Waals surface area contributed by atoms with E-state index in [4.69, 9.17) is 22.9 Å². The van der Waals surface area contributed by atoms with Gasteiger partial charge >= 0.3 is 5.97 Å². The lowest BCUT2D eigenvalue weighted by molar-refractivity contribution is -0.144. The van der Waals surface area contributed by atoms with Gasteiger partial charge in [-0.05, 0) is 43.4 Å². The number of carbonyl (C=O) groups excluding carboxylic acids is 4. The standard InChI is InChI=1S/C24H36N8O7/c25-15(3-1-9-29-24(27)28)22(37)32-10-2-4-18(32)21(36)30-16(11-13-5-7-14(33)8-6-13)20(35)31-17(23(38)39)12-19(26)34/h5-8,15-18,33H,1-4,9-12,25H2,(H2,26,34)(H,30,36)(H,31,35)(H,38,39)(H4,27,28,29). The molecule has 4 unspecified atom stereocenters. The second-order valence-electron chi connectivity index (χ2n) is 9.25. The fraction of sp³-hybridized carbons (Fsp3) is 0.500. The van der Waals surface area contributed by atoms with Crippen molar-refractivity contribution < 1.29 is 34.2 Å². The number of primary amides is 1. The van der Waals surface area contributed by atoms with Gasteiger partial charge in [-0.2, -0.15) is 0 Å². The summed E-state index contributed by atoms with van der Waals surface area (Å²) in [5.74, 6) is -4.39. The summed E-state index contributed by atoms with van der Waals surface area (Å²) in [4.78, 5) is 67.3. The third kappa shape index (κ3) is 9.77. The number of nitrogens with one attached hydrogen (secondary N) is 2. The van der Waals surface area contributed by atoms with E-state index in [1.807, 2.05) is 0 Å². The first-order valence-corrected chi connectivity index (χ1v) is 12.4. The molecule has 1 aliphatic rings. The van der Waals surface area contributed by atoms with Crippen LogP contribution < -0.4 is 33.6 Å². The number of nitrogens with zero attached hydrogens (tertiary/aromatic N) is 2. The molecule has 0 saturated carbocycles. The average Bonchev–Trinajstić information content (AvgIpc) is 3.36. The SMILES string of the molecule is NC(=O)CC(NC(=O)C(Cc1ccc(O)cc1)NC(=O)C1CCCN1C(=O)C(N)CCCN=C(N)N)C(=O)O. The molecule has 15 heteroatoms. The number of rotatable bonds is 14. The van der Waals surface area contributed by atoms with Gasteiger partial charge in [0.05, 0.1) is 12.5 Å². The Kier molecular flexibility index (Phi) is 11.5. The van der Waals surface area contributed by atoms with Crippen molar-refractivity contribution in [3.05, 3.63) is 29.8 Å². The Balaban J connectivity index is 2.15. The topological polar surface area (TPSA) is 270 Å². The van der Waals surface area contributed by atoms with Crippen LogP contribution in [-0.2, 0) is 30.4 Å². The molecule has 39 heavy (non-hydrogen) atoms. The van der Waals surface area contributed by atoms with Crippen LogP contribution in [0.1, 0.15) is 37.7 Å². The van der Waals surface area contributed by atoms with Crippen molar-refractivity contribution in [2.75, 3.05) is 13.1 Å². The molecule has 12 N–H and O–H groups in total. The van der Waals surface area contributed by atoms with E-state index < -0.39 is 60.2 Å². The number of hydrogen-bond donors (Lipinski definition) is 8. The minimum absolute atomic E-state index is 0.00839. The second-order valence-corrected chi connectivity index (χ2v) is 9.25. The molecule has 2 rings (SSSR count). The predicted octanol–water partition coefficient (Wildman–Crippen LogP) is -2.76. The molecule has 1 aromatic carbocycles. The summed E-state index contributed by atoms with van der Waals surface area (Å²) in [7, 11) is 0. The molecule has 1 fully saturated rings. The number of carbonyl (C=O) groups is 5. The molecule has 214 valence electrons. The van der Waals surface area contributed by atoms with E-state index in [1.54, 1.807) is 0 Å². The average molecular weight is 549 g/mol. The summed E-state index contributed by atoms with van der Waals surface area (Å²) in [5.41, 5.74) is 22.3. The highest BCUT2D eigenvalue weighted by molar-refractivity contribution is 5.95. The van der Waals surface area contributed by atoms with E-state index >= 15 is 0 Å². The van der Waals surface area contributed by atoms with Crippen LogP contribution in [0.5, 0.6) is 5.75 Å². The van der Waals surface area contributed by atoms with Crippen LogP contribution >= 0.6 is 0 Å². The summed E-state index contributed by atoms with van der Waals surface area (Å²) < 4.78 is 0. The molecule has 0 aliphatic carbocycles. The van der Waals surface area contributed by atoms with Crippen LogP contribution in [0.4, 0.5) is 0 Å². The molecular formula is C24H36N8O7. The lowest BCUT2D eigenvalue weighted by Crippen LogP contribution is -2.57. The van der Waals surface area contributed by atoms with Gasteiger partial charge in [-0.3, -0.25) is 24.2 Å². The number of guanidine groups is 1. The Morgan fingerprint density at radius 3 is 2.31 bits per heavy atom. The quantitative estimate of drug-likeness (QED) is 0.0673. The molecule has 0 bridgehead atoms. The number of likely N-dealkylation sites (tertiary alicyclic amines) is 1. The second kappa shape index (κ2) is 14.5. The number of nitrogens with two attached hydrogens (primary N) is 4. The number of amides is 4. The predicted molar refractivity (Wildman–Crippen MR) is 140 cm³/mol. The van der Waals surface area contributed by atoms with Crippen LogP contribution in [0.15, 0.2) is 29.3 Å². The number of aliphatic carboxylic acids is 1. The highest BCUT2D eigenvalue weighted by Crippen LogP contribution is 2.20. The number of carboxylic acid groups (broad SMARTS) is 1. The van der Waals surface area contributed by atoms with Crippen LogP contribution in [0, 0.1) is 0 Å². The summed E-state index contributed by atoms with van der Waals surface area (Å²) in [6.45, 7) is 0.599. The zero-order valence-electron chi connectivity index (χ0n) is 21.4. The van der Waals surface area contributed by atoms with Gasteiger partial charge in [-0.1, -0.05) is 12.1 Å². The highest BCUT2D eigenvalue weighted by atomic mass is 16.4. The molecular weight excluding hydrogens is 512 g/mol. The van der Waals surface area contributed by atoms with Crippen molar-refractivity contribution in [1.29, 1.82) is 0 Å². The molecule has 1 aliphatic heterocycles. The molecule has 15 nitrogen and oxygen atoms in total. The van der Waals surface area contributed by atoms with Crippen LogP contribution in [0.2, 0.25) is 0 Å². The van der Waals surface area contributed by atoms with Gasteiger partial charge in [0.1, 0.15) is 23.9 Å². The first-order chi connectivity index (χ1) is 18.4. The lowest BCUT2D eigenvalue weighted by Gasteiger charge is -2.28. The number of hydrogen-bond acceptors (Lipinski definition) is 8. The summed E-state index contributed by atoms with van der Waals surface area (Å²) in [5, 5.41) is 23.8. The maximum atomic E-state index is 13.3. The van der Waals surface area contributed by atoms with Crippen molar-refractivity contribution in [2.45, 2.75) is 62.7 Å². The van der Waals surface area contributed by atoms with Gasteiger partial charge in [0.15, 0.2) is 5.96 Å². The first-order valence-electron chi connectivity index (χ1n) is 12.4. The Bertz CT molecular complexity index is 1070. The molecule has 0 aromatic heterocycles. The monoisotopic (exact) mass is 548 g/mol. The fourth-order valence-electron chi connectivity index (χ4n) is 4.18. The van der Waals surface area contributed by atoms with Crippen molar-refractivity contribution in [3.63, 3.8) is 0 Å². The Morgan fingerprint density at radius 1 is 1.05 bits per heavy atom. The smallest absolute Gasteiger partial charge is 0.326 e. The zero-order valence-corrected chi connectivity index (χ0v) is 21.4. The zero-order chi connectivity index (χ0) is 29.1. The van der Waals surface area contributed by atoms with Gasteiger partial charge < -0.3 is 48.7 Å². The third-order valence-electron chi connectivity index (χ3n) is 6.15. The van der Waals surface area contributed by atoms with Gasteiger partial charge in [0.25, 0.3) is 0 Å². The number of aliphatic imine (C=N–C) groups is 1. The Labute approximate surface area is 225 Å². The van der Waals surface area contributed by atoms with Crippen molar-refractivity contribution >= 4 is 35.6 Å². The summed E-state index contributed by atoms with van der Waals surface area (Å²) >= 11 is 0. The maximum Gasteiger partial charge on any atom is 0.326 e. The Hall–Kier alpha value is -4.40. The molecule has 0 radical (unpaired) electrons. The van der Waals surface area contributed by atoms with Crippen molar-refractivity contribution in [1.82, 2.24) is 15.5 Å². The van der Waals surface area contributed by atoms with Gasteiger partial charge in [-0.15, -0.1) is 0 Å². The van der Waals surface area contributed by atoms with Crippen molar-refractivity contribution in [3.8, 4) is 5.75 Å². The summed E-state index contributed by atoms with van der Waals surface area (Å²) in [6, 6.07) is 1.22. The molecule has 4 atom stereocenters. The largest absolute Gasteiger partial charge is 0.508 e. The fourth-order valence-corrected chi connectivity index (χ4v) is 4.18. The van der Waals surface area contributed by atoms with Crippen LogP contribution in [0.3, 0.4) is 0 Å². The Morgan fingerprint density at radius 2 is 1.72 bits per heavy atom. The molecule has 0 spiro atoms. The van der Waals surface area contributed by atoms with Gasteiger partial charge in [0, 0.05) is 19.5 Å². The van der Waals surface area contributed by atoms with Crippen LogP contribution in [0.25, 0.3) is 0 Å². The number of carboxylic acids is 1. The van der Waals surface area contributed by atoms with E-state index in [1.165, 1.54) is 29.2 Å². The number of benzene rings is 1. The van der Waals surface area contributed by atoms with Gasteiger partial charge in [-0.25, -0.2) is 4.79 Å². The molecule has 1 heterocycles. The lowest BCUT2D eigenvalue weighted by atomic mass is 10.0. The highest BCUT2D eigenvalue weighted by Gasteiger charge is 2.38. The van der Waals surface area contributed by atoms with E-state index in [2.05, 4.69) is 15.6 Å². The molecule has 1 saturated heterocycles. The number of aromatic hydroxyl groups is 1. The van der Waals surface area contributed by atoms with Crippen molar-refractivity contribution in [2.24, 2.45) is 27.9 Å². The molecule has 4 amide bonds. The van der Waals surface area contributed by atoms with Crippen LogP contribution in [-0.4, -0.2) is 87.9 Å². The van der Waals surface area contributed by atoms with Gasteiger partial charge in [0.2, 0.25) is 23.6 Å². The first kappa shape index (κ1) is 30.8. The summed E-state index contributed by atoms with van der Waals surface area (Å²) in [6.07, 6.45) is 0.923. The maximum absolute atomic E-state index is 13.3. The van der Waals surface area contributed by atoms with E-state index in [0.29, 0.717) is 44.3 Å². The number of phenols is 1. The number of phenolic OH excluding ortho intramolecular Hbond substituents is 1. The minimum Gasteiger partial charge on any atom is -0.508 e. The minimum atomic E-state index is -1.60. The third-order valence-corrected chi connectivity index (χ3v) is 6.15. The normalized spacial score (nSPS) is 16.9. The van der Waals surface area contributed by atoms with E-state index in [-0.39, 0.29) is 18.1 Å². The molecule has 1 aromatic rings. The van der Waals surface area contributed by atoms with E-state index in [0.717, 1.165) is 0 Å². The van der Waals surface area contributed by atoms with E-state index in [9.17, 15) is 34.2 Å².